The summed E-state index contributed by atoms with van der Waals surface area (Å²) in [4.78, 5) is 2.26. The summed E-state index contributed by atoms with van der Waals surface area (Å²) >= 11 is 6.07. The van der Waals surface area contributed by atoms with E-state index < -0.39 is 0 Å². The van der Waals surface area contributed by atoms with Crippen LogP contribution in [-0.4, -0.2) is 32.7 Å². The Labute approximate surface area is 137 Å². The van der Waals surface area contributed by atoms with E-state index in [0.29, 0.717) is 0 Å². The van der Waals surface area contributed by atoms with E-state index in [2.05, 4.69) is 24.1 Å². The summed E-state index contributed by atoms with van der Waals surface area (Å²) in [5.41, 5.74) is 2.40. The quantitative estimate of drug-likeness (QED) is 0.769. The van der Waals surface area contributed by atoms with Gasteiger partial charge in [0.2, 0.25) is 0 Å². The Kier molecular flexibility index (Phi) is 6.10. The molecule has 0 saturated heterocycles. The Morgan fingerprint density at radius 3 is 2.36 bits per heavy atom. The summed E-state index contributed by atoms with van der Waals surface area (Å²) in [5.74, 6) is 1.77. The lowest BCUT2D eigenvalue weighted by atomic mass is 10.1. The molecule has 0 atom stereocenters. The Morgan fingerprint density at radius 1 is 1.00 bits per heavy atom. The molecule has 0 fully saturated rings. The molecule has 0 spiro atoms. The maximum absolute atomic E-state index is 6.07. The number of nitrogens with zero attached hydrogens (tertiary/aromatic N) is 1. The van der Waals surface area contributed by atoms with Gasteiger partial charge in [-0.05, 0) is 49.4 Å². The first-order valence-corrected chi connectivity index (χ1v) is 7.64. The zero-order valence-corrected chi connectivity index (χ0v) is 14.1. The molecule has 0 aromatic heterocycles. The lowest BCUT2D eigenvalue weighted by Crippen LogP contribution is -2.21. The van der Waals surface area contributed by atoms with Gasteiger partial charge in [0.15, 0.2) is 0 Å². The van der Waals surface area contributed by atoms with Crippen molar-refractivity contribution in [1.29, 1.82) is 0 Å². The van der Waals surface area contributed by atoms with Crippen LogP contribution in [0.4, 0.5) is 0 Å². The highest BCUT2D eigenvalue weighted by molar-refractivity contribution is 6.30. The van der Waals surface area contributed by atoms with Gasteiger partial charge in [-0.2, -0.15) is 0 Å². The average molecular weight is 320 g/mol. The zero-order chi connectivity index (χ0) is 15.9. The number of benzene rings is 2. The monoisotopic (exact) mass is 319 g/mol. The van der Waals surface area contributed by atoms with Crippen molar-refractivity contribution in [2.24, 2.45) is 0 Å². The second-order valence-electron chi connectivity index (χ2n) is 5.29. The van der Waals surface area contributed by atoms with Crippen molar-refractivity contribution in [2.45, 2.75) is 13.0 Å². The Balaban J connectivity index is 1.92. The SMILES string of the molecule is COc1ccc(CCN(C)Cc2cc(Cl)ccc2OC)cc1. The zero-order valence-electron chi connectivity index (χ0n) is 13.3. The number of methoxy groups -OCH3 is 2. The van der Waals surface area contributed by atoms with Gasteiger partial charge in [0.25, 0.3) is 0 Å². The van der Waals surface area contributed by atoms with Crippen LogP contribution in [0.15, 0.2) is 42.5 Å². The first-order valence-electron chi connectivity index (χ1n) is 7.26. The largest absolute Gasteiger partial charge is 0.497 e. The summed E-state index contributed by atoms with van der Waals surface area (Å²) < 4.78 is 10.6. The molecule has 0 N–H and O–H groups in total. The second kappa shape index (κ2) is 8.06. The van der Waals surface area contributed by atoms with Crippen LogP contribution >= 0.6 is 11.6 Å². The molecule has 0 amide bonds. The summed E-state index contributed by atoms with van der Waals surface area (Å²) in [5, 5.41) is 0.736. The van der Waals surface area contributed by atoms with Gasteiger partial charge in [0, 0.05) is 23.7 Å². The van der Waals surface area contributed by atoms with Crippen LogP contribution in [-0.2, 0) is 13.0 Å². The van der Waals surface area contributed by atoms with Gasteiger partial charge in [-0.3, -0.25) is 0 Å². The smallest absolute Gasteiger partial charge is 0.123 e. The van der Waals surface area contributed by atoms with Crippen LogP contribution in [0, 0.1) is 0 Å². The molecule has 0 radical (unpaired) electrons. The minimum absolute atomic E-state index is 0.736. The van der Waals surface area contributed by atoms with Crippen molar-refractivity contribution >= 4 is 11.6 Å². The van der Waals surface area contributed by atoms with Gasteiger partial charge in [-0.1, -0.05) is 23.7 Å². The normalized spacial score (nSPS) is 10.8. The number of hydrogen-bond donors (Lipinski definition) is 0. The van der Waals surface area contributed by atoms with E-state index in [4.69, 9.17) is 21.1 Å². The molecule has 0 aliphatic rings. The van der Waals surface area contributed by atoms with Crippen LogP contribution in [0.1, 0.15) is 11.1 Å². The highest BCUT2D eigenvalue weighted by atomic mass is 35.5. The van der Waals surface area contributed by atoms with Crippen LogP contribution in [0.2, 0.25) is 5.02 Å². The molecule has 2 aromatic carbocycles. The fraction of sp³-hybridized carbons (Fsp3) is 0.333. The fourth-order valence-corrected chi connectivity index (χ4v) is 2.55. The molecule has 0 aliphatic heterocycles. The van der Waals surface area contributed by atoms with Gasteiger partial charge in [0.05, 0.1) is 14.2 Å². The van der Waals surface area contributed by atoms with E-state index >= 15 is 0 Å². The molecule has 0 saturated carbocycles. The van der Waals surface area contributed by atoms with Gasteiger partial charge >= 0.3 is 0 Å². The predicted molar refractivity (Wildman–Crippen MR) is 91.0 cm³/mol. The minimum Gasteiger partial charge on any atom is -0.497 e. The predicted octanol–water partition coefficient (Wildman–Crippen LogP) is 4.03. The van der Waals surface area contributed by atoms with E-state index in [-0.39, 0.29) is 0 Å². The summed E-state index contributed by atoms with van der Waals surface area (Å²) in [7, 11) is 5.47. The molecule has 4 heteroatoms. The Morgan fingerprint density at radius 2 is 1.73 bits per heavy atom. The molecule has 118 valence electrons. The molecule has 22 heavy (non-hydrogen) atoms. The number of rotatable bonds is 7. The van der Waals surface area contributed by atoms with Gasteiger partial charge < -0.3 is 14.4 Å². The molecular weight excluding hydrogens is 298 g/mol. The third kappa shape index (κ3) is 4.65. The molecule has 2 aromatic rings. The molecule has 2 rings (SSSR count). The van der Waals surface area contributed by atoms with Gasteiger partial charge in [-0.25, -0.2) is 0 Å². The third-order valence-corrected chi connectivity index (χ3v) is 3.86. The van der Waals surface area contributed by atoms with E-state index in [9.17, 15) is 0 Å². The highest BCUT2D eigenvalue weighted by Crippen LogP contribution is 2.23. The summed E-state index contributed by atoms with van der Waals surface area (Å²) in [6.07, 6.45) is 0.989. The maximum Gasteiger partial charge on any atom is 0.123 e. The maximum atomic E-state index is 6.07. The van der Waals surface area contributed by atoms with Crippen LogP contribution < -0.4 is 9.47 Å². The molecule has 0 aliphatic carbocycles. The average Bonchev–Trinajstić information content (AvgIpc) is 2.53. The van der Waals surface area contributed by atoms with Crippen LogP contribution in [0.25, 0.3) is 0 Å². The van der Waals surface area contributed by atoms with Gasteiger partial charge in [0.1, 0.15) is 11.5 Å². The van der Waals surface area contributed by atoms with Crippen LogP contribution in [0.3, 0.4) is 0 Å². The van der Waals surface area contributed by atoms with Crippen molar-refractivity contribution < 1.29 is 9.47 Å². The van der Waals surface area contributed by atoms with E-state index in [1.54, 1.807) is 14.2 Å². The summed E-state index contributed by atoms with van der Waals surface area (Å²) in [6, 6.07) is 13.9. The highest BCUT2D eigenvalue weighted by Gasteiger charge is 2.07. The second-order valence-corrected chi connectivity index (χ2v) is 5.73. The summed E-state index contributed by atoms with van der Waals surface area (Å²) in [6.45, 7) is 1.77. The Hall–Kier alpha value is -1.71. The first-order chi connectivity index (χ1) is 10.6. The number of likely N-dealkylation sites (N-methyl/N-ethyl adjacent to an activating group) is 1. The van der Waals surface area contributed by atoms with Crippen molar-refractivity contribution in [2.75, 3.05) is 27.8 Å². The standard InChI is InChI=1S/C18H22ClNO2/c1-20(11-10-14-4-7-17(21-2)8-5-14)13-15-12-16(19)6-9-18(15)22-3/h4-9,12H,10-11,13H2,1-3H3. The molecule has 0 heterocycles. The van der Waals surface area contributed by atoms with Gasteiger partial charge in [-0.15, -0.1) is 0 Å². The molecule has 0 unspecified atom stereocenters. The first kappa shape index (κ1) is 16.7. The number of hydrogen-bond acceptors (Lipinski definition) is 3. The minimum atomic E-state index is 0.736. The van der Waals surface area contributed by atoms with Crippen molar-refractivity contribution in [3.05, 3.63) is 58.6 Å². The number of ether oxygens (including phenoxy) is 2. The third-order valence-electron chi connectivity index (χ3n) is 3.62. The number of halogens is 1. The van der Waals surface area contributed by atoms with Crippen molar-refractivity contribution in [1.82, 2.24) is 4.90 Å². The lowest BCUT2D eigenvalue weighted by Gasteiger charge is -2.18. The van der Waals surface area contributed by atoms with Crippen molar-refractivity contribution in [3.63, 3.8) is 0 Å². The topological polar surface area (TPSA) is 21.7 Å². The lowest BCUT2D eigenvalue weighted by molar-refractivity contribution is 0.321. The van der Waals surface area contributed by atoms with E-state index in [1.807, 2.05) is 30.3 Å². The van der Waals surface area contributed by atoms with Crippen molar-refractivity contribution in [3.8, 4) is 11.5 Å². The molecular formula is C18H22ClNO2. The van der Waals surface area contributed by atoms with E-state index in [0.717, 1.165) is 41.6 Å². The van der Waals surface area contributed by atoms with E-state index in [1.165, 1.54) is 5.56 Å². The fourth-order valence-electron chi connectivity index (χ4n) is 2.35. The van der Waals surface area contributed by atoms with Crippen LogP contribution in [0.5, 0.6) is 11.5 Å². The Bertz CT molecular complexity index is 599. The molecule has 0 bridgehead atoms. The molecule has 3 nitrogen and oxygen atoms in total.